The zero-order valence-electron chi connectivity index (χ0n) is 10.9. The Labute approximate surface area is 103 Å². The van der Waals surface area contributed by atoms with Crippen molar-refractivity contribution in [3.63, 3.8) is 0 Å². The van der Waals surface area contributed by atoms with Gasteiger partial charge in [-0.05, 0) is 24.1 Å². The molecule has 0 radical (unpaired) electrons. The Morgan fingerprint density at radius 1 is 1.24 bits per heavy atom. The molecule has 1 atom stereocenters. The molecule has 0 bridgehead atoms. The van der Waals surface area contributed by atoms with E-state index in [1.807, 2.05) is 12.1 Å². The molecule has 0 amide bonds. The average molecular weight is 239 g/mol. The molecule has 3 heteroatoms. The van der Waals surface area contributed by atoms with Gasteiger partial charge in [0.25, 0.3) is 0 Å². The van der Waals surface area contributed by atoms with Crippen molar-refractivity contribution < 1.29 is 9.13 Å². The molecule has 1 N–H and O–H groups in total. The lowest BCUT2D eigenvalue weighted by Crippen LogP contribution is -2.28. The highest BCUT2D eigenvalue weighted by molar-refractivity contribution is 5.22. The van der Waals surface area contributed by atoms with Crippen LogP contribution in [0.2, 0.25) is 0 Å². The van der Waals surface area contributed by atoms with Gasteiger partial charge in [-0.15, -0.1) is 0 Å². The molecule has 0 spiro atoms. The van der Waals surface area contributed by atoms with E-state index < -0.39 is 0 Å². The van der Waals surface area contributed by atoms with E-state index in [-0.39, 0.29) is 11.7 Å². The maximum absolute atomic E-state index is 13.7. The number of ether oxygens (including phenoxy) is 1. The first-order valence-corrected chi connectivity index (χ1v) is 6.09. The second kappa shape index (κ2) is 7.41. The van der Waals surface area contributed by atoms with Crippen LogP contribution in [0.25, 0.3) is 0 Å². The fourth-order valence-electron chi connectivity index (χ4n) is 1.81. The Morgan fingerprint density at radius 3 is 2.53 bits per heavy atom. The zero-order chi connectivity index (χ0) is 12.7. The molecular formula is C14H22FNO. The van der Waals surface area contributed by atoms with Crippen LogP contribution in [0.15, 0.2) is 24.3 Å². The lowest BCUT2D eigenvalue weighted by molar-refractivity contribution is 0.176. The first-order valence-electron chi connectivity index (χ1n) is 6.09. The van der Waals surface area contributed by atoms with Crippen molar-refractivity contribution in [2.24, 2.45) is 5.92 Å². The Morgan fingerprint density at radius 2 is 1.94 bits per heavy atom. The molecule has 0 heterocycles. The smallest absolute Gasteiger partial charge is 0.126 e. The predicted molar refractivity (Wildman–Crippen MR) is 68.7 cm³/mol. The number of nitrogens with one attached hydrogen (secondary N) is 1. The third-order valence-corrected chi connectivity index (χ3v) is 2.66. The van der Waals surface area contributed by atoms with Gasteiger partial charge in [0.05, 0.1) is 6.61 Å². The van der Waals surface area contributed by atoms with Crippen LogP contribution in [-0.2, 0) is 4.74 Å². The summed E-state index contributed by atoms with van der Waals surface area (Å²) >= 11 is 0. The fourth-order valence-corrected chi connectivity index (χ4v) is 1.81. The molecule has 1 aromatic carbocycles. The minimum atomic E-state index is -0.152. The van der Waals surface area contributed by atoms with Crippen molar-refractivity contribution in [3.05, 3.63) is 35.6 Å². The lowest BCUT2D eigenvalue weighted by Gasteiger charge is -2.18. The first kappa shape index (κ1) is 14.1. The van der Waals surface area contributed by atoms with Crippen LogP contribution in [-0.4, -0.2) is 26.8 Å². The van der Waals surface area contributed by atoms with Crippen molar-refractivity contribution >= 4 is 0 Å². The summed E-state index contributed by atoms with van der Waals surface area (Å²) in [5, 5.41) is 3.35. The SMILES string of the molecule is COCC(CNCC(C)C)c1ccccc1F. The number of hydrogen-bond donors (Lipinski definition) is 1. The van der Waals surface area contributed by atoms with Gasteiger partial charge in [0, 0.05) is 19.6 Å². The zero-order valence-corrected chi connectivity index (χ0v) is 10.9. The van der Waals surface area contributed by atoms with E-state index in [1.54, 1.807) is 13.2 Å². The van der Waals surface area contributed by atoms with E-state index in [9.17, 15) is 4.39 Å². The van der Waals surface area contributed by atoms with Crippen LogP contribution in [0.1, 0.15) is 25.3 Å². The summed E-state index contributed by atoms with van der Waals surface area (Å²) in [5.74, 6) is 0.514. The second-order valence-electron chi connectivity index (χ2n) is 4.73. The van der Waals surface area contributed by atoms with Crippen LogP contribution in [0.3, 0.4) is 0 Å². The molecule has 0 aliphatic carbocycles. The van der Waals surface area contributed by atoms with Crippen LogP contribution in [0, 0.1) is 11.7 Å². The molecule has 0 aromatic heterocycles. The maximum atomic E-state index is 13.7. The van der Waals surface area contributed by atoms with E-state index in [0.717, 1.165) is 18.7 Å². The van der Waals surface area contributed by atoms with Crippen molar-refractivity contribution in [2.45, 2.75) is 19.8 Å². The van der Waals surface area contributed by atoms with Gasteiger partial charge in [-0.2, -0.15) is 0 Å². The summed E-state index contributed by atoms with van der Waals surface area (Å²) in [6.45, 7) is 6.52. The Hall–Kier alpha value is -0.930. The quantitative estimate of drug-likeness (QED) is 0.790. The molecule has 0 aliphatic rings. The van der Waals surface area contributed by atoms with Crippen molar-refractivity contribution in [3.8, 4) is 0 Å². The normalized spacial score (nSPS) is 13.0. The molecule has 0 aliphatic heterocycles. The average Bonchev–Trinajstić information content (AvgIpc) is 2.28. The summed E-state index contributed by atoms with van der Waals surface area (Å²) in [4.78, 5) is 0. The third kappa shape index (κ3) is 4.84. The summed E-state index contributed by atoms with van der Waals surface area (Å²) in [7, 11) is 1.65. The van der Waals surface area contributed by atoms with Crippen molar-refractivity contribution in [1.29, 1.82) is 0 Å². The summed E-state index contributed by atoms with van der Waals surface area (Å²) in [5.41, 5.74) is 0.727. The lowest BCUT2D eigenvalue weighted by atomic mass is 9.99. The van der Waals surface area contributed by atoms with Gasteiger partial charge in [0.2, 0.25) is 0 Å². The Kier molecular flexibility index (Phi) is 6.16. The standard InChI is InChI=1S/C14H22FNO/c1-11(2)8-16-9-12(10-17-3)13-6-4-5-7-14(13)15/h4-7,11-12,16H,8-10H2,1-3H3. The van der Waals surface area contributed by atoms with E-state index in [4.69, 9.17) is 4.74 Å². The second-order valence-corrected chi connectivity index (χ2v) is 4.73. The largest absolute Gasteiger partial charge is 0.384 e. The monoisotopic (exact) mass is 239 g/mol. The first-order chi connectivity index (χ1) is 8.15. The maximum Gasteiger partial charge on any atom is 0.126 e. The topological polar surface area (TPSA) is 21.3 Å². The van der Waals surface area contributed by atoms with Gasteiger partial charge in [0.15, 0.2) is 0 Å². The van der Waals surface area contributed by atoms with Gasteiger partial charge in [-0.1, -0.05) is 32.0 Å². The minimum Gasteiger partial charge on any atom is -0.384 e. The van der Waals surface area contributed by atoms with Crippen molar-refractivity contribution in [2.75, 3.05) is 26.8 Å². The van der Waals surface area contributed by atoms with Gasteiger partial charge < -0.3 is 10.1 Å². The van der Waals surface area contributed by atoms with E-state index in [0.29, 0.717) is 12.5 Å². The Bertz CT molecular complexity index is 328. The molecule has 96 valence electrons. The molecule has 1 rings (SSSR count). The number of halogens is 1. The molecule has 0 saturated carbocycles. The van der Waals surface area contributed by atoms with Gasteiger partial charge in [0.1, 0.15) is 5.82 Å². The molecule has 1 unspecified atom stereocenters. The minimum absolute atomic E-state index is 0.0694. The number of benzene rings is 1. The fraction of sp³-hybridized carbons (Fsp3) is 0.571. The number of methoxy groups -OCH3 is 1. The molecule has 2 nitrogen and oxygen atoms in total. The van der Waals surface area contributed by atoms with Gasteiger partial charge in [-0.25, -0.2) is 4.39 Å². The number of rotatable bonds is 7. The summed E-state index contributed by atoms with van der Waals surface area (Å²) in [6, 6.07) is 6.91. The van der Waals surface area contributed by atoms with Crippen LogP contribution in [0.4, 0.5) is 4.39 Å². The van der Waals surface area contributed by atoms with E-state index >= 15 is 0 Å². The van der Waals surface area contributed by atoms with E-state index in [2.05, 4.69) is 19.2 Å². The molecule has 17 heavy (non-hydrogen) atoms. The highest BCUT2D eigenvalue weighted by atomic mass is 19.1. The molecular weight excluding hydrogens is 217 g/mol. The highest BCUT2D eigenvalue weighted by Gasteiger charge is 2.14. The van der Waals surface area contributed by atoms with E-state index in [1.165, 1.54) is 6.07 Å². The molecule has 0 fully saturated rings. The van der Waals surface area contributed by atoms with Gasteiger partial charge >= 0.3 is 0 Å². The molecule has 1 aromatic rings. The number of hydrogen-bond acceptors (Lipinski definition) is 2. The summed E-state index contributed by atoms with van der Waals surface area (Å²) in [6.07, 6.45) is 0. The van der Waals surface area contributed by atoms with Crippen LogP contribution >= 0.6 is 0 Å². The van der Waals surface area contributed by atoms with Crippen LogP contribution in [0.5, 0.6) is 0 Å². The third-order valence-electron chi connectivity index (χ3n) is 2.66. The van der Waals surface area contributed by atoms with Gasteiger partial charge in [-0.3, -0.25) is 0 Å². The summed E-state index contributed by atoms with van der Waals surface area (Å²) < 4.78 is 18.8. The Balaban J connectivity index is 2.62. The van der Waals surface area contributed by atoms with Crippen LogP contribution < -0.4 is 5.32 Å². The van der Waals surface area contributed by atoms with Crippen molar-refractivity contribution in [1.82, 2.24) is 5.32 Å². The predicted octanol–water partition coefficient (Wildman–Crippen LogP) is 2.80. The molecule has 0 saturated heterocycles. The highest BCUT2D eigenvalue weighted by Crippen LogP contribution is 2.18.